The summed E-state index contributed by atoms with van der Waals surface area (Å²) >= 11 is 0. The first-order valence-corrected chi connectivity index (χ1v) is 4.65. The molecule has 0 aromatic rings. The fourth-order valence-corrected chi connectivity index (χ4v) is 2.07. The van der Waals surface area contributed by atoms with Gasteiger partial charge in [-0.2, -0.15) is 0 Å². The van der Waals surface area contributed by atoms with Crippen LogP contribution in [0.1, 0.15) is 25.7 Å². The van der Waals surface area contributed by atoms with Crippen molar-refractivity contribution in [1.29, 1.82) is 0 Å². The van der Waals surface area contributed by atoms with Crippen molar-refractivity contribution < 1.29 is 9.53 Å². The van der Waals surface area contributed by atoms with E-state index in [1.165, 1.54) is 0 Å². The summed E-state index contributed by atoms with van der Waals surface area (Å²) in [6.07, 6.45) is 4.00. The molecular weight excluding hydrogens is 154 g/mol. The summed E-state index contributed by atoms with van der Waals surface area (Å²) in [5, 5.41) is 2.95. The van der Waals surface area contributed by atoms with Gasteiger partial charge in [-0.3, -0.25) is 4.79 Å². The van der Waals surface area contributed by atoms with E-state index >= 15 is 0 Å². The van der Waals surface area contributed by atoms with Gasteiger partial charge in [-0.05, 0) is 24.7 Å². The Labute approximate surface area is 72.5 Å². The van der Waals surface area contributed by atoms with Crippen LogP contribution >= 0.6 is 0 Å². The van der Waals surface area contributed by atoms with E-state index < -0.39 is 0 Å². The molecule has 3 heteroatoms. The van der Waals surface area contributed by atoms with Crippen LogP contribution in [0.15, 0.2) is 0 Å². The van der Waals surface area contributed by atoms with Crippen LogP contribution in [-0.4, -0.2) is 25.7 Å². The normalized spacial score (nSPS) is 28.5. The largest absolute Gasteiger partial charge is 0.381 e. The van der Waals surface area contributed by atoms with Crippen molar-refractivity contribution in [2.75, 3.05) is 19.8 Å². The standard InChI is InChI=1S/C9H15NO2/c11-8-1-2-9(7-10-8)3-5-12-6-4-9/h1-7H2,(H,10,11). The number of carbonyl (C=O) groups excluding carboxylic acids is 1. The second-order valence-corrected chi connectivity index (χ2v) is 3.89. The third kappa shape index (κ3) is 1.46. The highest BCUT2D eigenvalue weighted by Crippen LogP contribution is 2.36. The monoisotopic (exact) mass is 169 g/mol. The van der Waals surface area contributed by atoms with Gasteiger partial charge >= 0.3 is 0 Å². The number of rotatable bonds is 0. The molecule has 2 aliphatic rings. The minimum Gasteiger partial charge on any atom is -0.381 e. The van der Waals surface area contributed by atoms with Gasteiger partial charge in [0.1, 0.15) is 0 Å². The van der Waals surface area contributed by atoms with Crippen LogP contribution in [-0.2, 0) is 9.53 Å². The fraction of sp³-hybridized carbons (Fsp3) is 0.889. The zero-order chi connectivity index (χ0) is 8.44. The summed E-state index contributed by atoms with van der Waals surface area (Å²) in [6.45, 7) is 2.61. The number of hydrogen-bond donors (Lipinski definition) is 1. The maximum atomic E-state index is 10.9. The lowest BCUT2D eigenvalue weighted by Crippen LogP contribution is -2.46. The Kier molecular flexibility index (Phi) is 2.05. The highest BCUT2D eigenvalue weighted by Gasteiger charge is 2.35. The Morgan fingerprint density at radius 3 is 2.58 bits per heavy atom. The average Bonchev–Trinajstić information content (AvgIpc) is 2.13. The molecule has 0 aliphatic carbocycles. The summed E-state index contributed by atoms with van der Waals surface area (Å²) in [6, 6.07) is 0. The summed E-state index contributed by atoms with van der Waals surface area (Å²) in [4.78, 5) is 10.9. The molecule has 12 heavy (non-hydrogen) atoms. The molecule has 0 atom stereocenters. The number of carbonyl (C=O) groups is 1. The number of hydrogen-bond acceptors (Lipinski definition) is 2. The molecule has 0 aromatic heterocycles. The van der Waals surface area contributed by atoms with Crippen LogP contribution in [0.2, 0.25) is 0 Å². The predicted molar refractivity (Wildman–Crippen MR) is 44.7 cm³/mol. The quantitative estimate of drug-likeness (QED) is 0.579. The average molecular weight is 169 g/mol. The highest BCUT2D eigenvalue weighted by atomic mass is 16.5. The van der Waals surface area contributed by atoms with Gasteiger partial charge in [0.25, 0.3) is 0 Å². The van der Waals surface area contributed by atoms with E-state index in [2.05, 4.69) is 5.32 Å². The van der Waals surface area contributed by atoms with E-state index in [1.807, 2.05) is 0 Å². The maximum absolute atomic E-state index is 10.9. The third-order valence-corrected chi connectivity index (χ3v) is 3.10. The van der Waals surface area contributed by atoms with Gasteiger partial charge in [0.15, 0.2) is 0 Å². The molecule has 2 heterocycles. The van der Waals surface area contributed by atoms with E-state index in [0.29, 0.717) is 11.8 Å². The topological polar surface area (TPSA) is 38.3 Å². The van der Waals surface area contributed by atoms with Crippen LogP contribution < -0.4 is 5.32 Å². The van der Waals surface area contributed by atoms with Crippen LogP contribution in [0.4, 0.5) is 0 Å². The lowest BCUT2D eigenvalue weighted by molar-refractivity contribution is -0.126. The molecule has 2 rings (SSSR count). The van der Waals surface area contributed by atoms with E-state index in [1.54, 1.807) is 0 Å². The van der Waals surface area contributed by atoms with Gasteiger partial charge in [-0.15, -0.1) is 0 Å². The lowest BCUT2D eigenvalue weighted by Gasteiger charge is -2.40. The van der Waals surface area contributed by atoms with Crippen LogP contribution in [0.25, 0.3) is 0 Å². The minimum atomic E-state index is 0.215. The number of ether oxygens (including phenoxy) is 1. The number of amides is 1. The number of piperidine rings is 1. The molecular formula is C9H15NO2. The molecule has 2 fully saturated rings. The summed E-state index contributed by atoms with van der Waals surface area (Å²) < 4.78 is 5.31. The SMILES string of the molecule is O=C1CCC2(CCOCC2)CN1. The molecule has 2 aliphatic heterocycles. The molecule has 0 aromatic carbocycles. The van der Waals surface area contributed by atoms with Crippen molar-refractivity contribution in [3.05, 3.63) is 0 Å². The van der Waals surface area contributed by atoms with Crippen molar-refractivity contribution in [1.82, 2.24) is 5.32 Å². The minimum absolute atomic E-state index is 0.215. The fourth-order valence-electron chi connectivity index (χ4n) is 2.07. The molecule has 0 bridgehead atoms. The zero-order valence-corrected chi connectivity index (χ0v) is 7.27. The Balaban J connectivity index is 1.96. The first-order valence-electron chi connectivity index (χ1n) is 4.65. The van der Waals surface area contributed by atoms with Crippen LogP contribution in [0.5, 0.6) is 0 Å². The van der Waals surface area contributed by atoms with Crippen molar-refractivity contribution in [3.8, 4) is 0 Å². The van der Waals surface area contributed by atoms with Gasteiger partial charge < -0.3 is 10.1 Å². The summed E-state index contributed by atoms with van der Waals surface area (Å²) in [5.41, 5.74) is 0.381. The first-order chi connectivity index (χ1) is 5.81. The molecule has 0 unspecified atom stereocenters. The van der Waals surface area contributed by atoms with Crippen molar-refractivity contribution >= 4 is 5.91 Å². The molecule has 68 valence electrons. The molecule has 1 N–H and O–H groups in total. The third-order valence-electron chi connectivity index (χ3n) is 3.10. The molecule has 2 saturated heterocycles. The molecule has 0 radical (unpaired) electrons. The smallest absolute Gasteiger partial charge is 0.220 e. The second-order valence-electron chi connectivity index (χ2n) is 3.89. The van der Waals surface area contributed by atoms with Gasteiger partial charge in [0.05, 0.1) is 0 Å². The molecule has 0 saturated carbocycles. The van der Waals surface area contributed by atoms with Gasteiger partial charge in [-0.25, -0.2) is 0 Å². The Bertz CT molecular complexity index is 173. The number of nitrogens with one attached hydrogen (secondary N) is 1. The van der Waals surface area contributed by atoms with Gasteiger partial charge in [0, 0.05) is 26.2 Å². The second kappa shape index (κ2) is 3.05. The highest BCUT2D eigenvalue weighted by molar-refractivity contribution is 5.76. The van der Waals surface area contributed by atoms with Crippen molar-refractivity contribution in [3.63, 3.8) is 0 Å². The molecule has 1 spiro atoms. The molecule has 3 nitrogen and oxygen atoms in total. The van der Waals surface area contributed by atoms with E-state index in [-0.39, 0.29) is 5.91 Å². The van der Waals surface area contributed by atoms with Crippen LogP contribution in [0, 0.1) is 5.41 Å². The Hall–Kier alpha value is -0.570. The zero-order valence-electron chi connectivity index (χ0n) is 7.27. The lowest BCUT2D eigenvalue weighted by atomic mass is 9.74. The summed E-state index contributed by atoms with van der Waals surface area (Å²) in [7, 11) is 0. The Morgan fingerprint density at radius 2 is 2.00 bits per heavy atom. The van der Waals surface area contributed by atoms with Crippen molar-refractivity contribution in [2.45, 2.75) is 25.7 Å². The Morgan fingerprint density at radius 1 is 1.25 bits per heavy atom. The van der Waals surface area contributed by atoms with E-state index in [0.717, 1.165) is 39.0 Å². The first kappa shape index (κ1) is 8.05. The van der Waals surface area contributed by atoms with Gasteiger partial charge in [0.2, 0.25) is 5.91 Å². The molecule has 1 amide bonds. The van der Waals surface area contributed by atoms with E-state index in [9.17, 15) is 4.79 Å². The summed E-state index contributed by atoms with van der Waals surface area (Å²) in [5.74, 6) is 0.215. The van der Waals surface area contributed by atoms with Gasteiger partial charge in [-0.1, -0.05) is 0 Å². The van der Waals surface area contributed by atoms with Crippen LogP contribution in [0.3, 0.4) is 0 Å². The maximum Gasteiger partial charge on any atom is 0.220 e. The van der Waals surface area contributed by atoms with Crippen molar-refractivity contribution in [2.24, 2.45) is 5.41 Å². The van der Waals surface area contributed by atoms with E-state index in [4.69, 9.17) is 4.74 Å². The predicted octanol–water partition coefficient (Wildman–Crippen LogP) is 0.693.